The second-order valence-corrected chi connectivity index (χ2v) is 5.64. The Balaban J connectivity index is 1.84. The lowest BCUT2D eigenvalue weighted by atomic mass is 10.1. The van der Waals surface area contributed by atoms with Crippen LogP contribution in [0.2, 0.25) is 0 Å². The minimum atomic E-state index is 0.177. The van der Waals surface area contributed by atoms with Gasteiger partial charge in [-0.05, 0) is 42.0 Å². The Kier molecular flexibility index (Phi) is 4.68. The lowest BCUT2D eigenvalue weighted by Crippen LogP contribution is -2.26. The zero-order valence-electron chi connectivity index (χ0n) is 11.3. The molecule has 2 rings (SSSR count). The van der Waals surface area contributed by atoms with Gasteiger partial charge in [0.2, 0.25) is 5.91 Å². The predicted octanol–water partition coefficient (Wildman–Crippen LogP) is 3.04. The molecule has 0 saturated carbocycles. The van der Waals surface area contributed by atoms with Gasteiger partial charge >= 0.3 is 0 Å². The van der Waals surface area contributed by atoms with Gasteiger partial charge in [0.05, 0.1) is 6.54 Å². The van der Waals surface area contributed by atoms with E-state index >= 15 is 0 Å². The molecule has 0 radical (unpaired) electrons. The van der Waals surface area contributed by atoms with E-state index in [0.29, 0.717) is 13.0 Å². The van der Waals surface area contributed by atoms with Gasteiger partial charge in [0.25, 0.3) is 0 Å². The summed E-state index contributed by atoms with van der Waals surface area (Å²) < 4.78 is 0. The van der Waals surface area contributed by atoms with E-state index in [1.807, 2.05) is 25.4 Å². The second-order valence-electron chi connectivity index (χ2n) is 4.64. The van der Waals surface area contributed by atoms with Gasteiger partial charge < -0.3 is 4.90 Å². The van der Waals surface area contributed by atoms with Gasteiger partial charge in [0.1, 0.15) is 0 Å². The van der Waals surface area contributed by atoms with Crippen molar-refractivity contribution in [2.24, 2.45) is 0 Å². The molecule has 0 spiro atoms. The van der Waals surface area contributed by atoms with Gasteiger partial charge in [0.15, 0.2) is 0 Å². The van der Waals surface area contributed by atoms with E-state index in [4.69, 9.17) is 0 Å². The molecule has 1 amide bonds. The molecule has 4 heteroatoms. The molecule has 100 valence electrons. The van der Waals surface area contributed by atoms with Crippen LogP contribution in [0, 0.1) is 6.92 Å². The zero-order valence-corrected chi connectivity index (χ0v) is 12.1. The lowest BCUT2D eigenvalue weighted by molar-refractivity contribution is -0.130. The highest BCUT2D eigenvalue weighted by atomic mass is 32.1. The van der Waals surface area contributed by atoms with Crippen LogP contribution in [0.5, 0.6) is 0 Å². The molecule has 0 N–H and O–H groups in total. The molecule has 19 heavy (non-hydrogen) atoms. The summed E-state index contributed by atoms with van der Waals surface area (Å²) in [4.78, 5) is 19.2. The van der Waals surface area contributed by atoms with Gasteiger partial charge in [-0.2, -0.15) is 0 Å². The Hall–Kier alpha value is -1.68. The van der Waals surface area contributed by atoms with E-state index in [1.165, 1.54) is 10.4 Å². The molecule has 0 saturated heterocycles. The van der Waals surface area contributed by atoms with Crippen molar-refractivity contribution in [3.8, 4) is 0 Å². The van der Waals surface area contributed by atoms with Crippen LogP contribution in [0.1, 0.15) is 22.4 Å². The fourth-order valence-electron chi connectivity index (χ4n) is 1.86. The lowest BCUT2D eigenvalue weighted by Gasteiger charge is -2.16. The molecule has 2 aromatic heterocycles. The highest BCUT2D eigenvalue weighted by Gasteiger charge is 2.11. The molecule has 0 aliphatic carbocycles. The SMILES string of the molecule is Cc1ccsc1CN(C)C(=O)CCc1cccnc1. The normalized spacial score (nSPS) is 10.4. The standard InChI is InChI=1S/C15H18N2OS/c1-12-7-9-19-14(12)11-17(2)15(18)6-5-13-4-3-8-16-10-13/h3-4,7-10H,5-6,11H2,1-2H3. The van der Waals surface area contributed by atoms with Crippen LogP contribution in [0.25, 0.3) is 0 Å². The van der Waals surface area contributed by atoms with E-state index in [2.05, 4.69) is 23.4 Å². The molecular formula is C15H18N2OS. The average Bonchev–Trinajstić information content (AvgIpc) is 2.82. The fraction of sp³-hybridized carbons (Fsp3) is 0.333. The first-order chi connectivity index (χ1) is 9.16. The molecule has 0 fully saturated rings. The monoisotopic (exact) mass is 274 g/mol. The van der Waals surface area contributed by atoms with E-state index in [-0.39, 0.29) is 5.91 Å². The van der Waals surface area contributed by atoms with Crippen LogP contribution in [0.15, 0.2) is 36.0 Å². The summed E-state index contributed by atoms with van der Waals surface area (Å²) in [5.41, 5.74) is 2.37. The van der Waals surface area contributed by atoms with Crippen molar-refractivity contribution in [3.05, 3.63) is 52.0 Å². The number of thiophene rings is 1. The molecule has 0 bridgehead atoms. The first kappa shape index (κ1) is 13.7. The van der Waals surface area contributed by atoms with E-state index in [0.717, 1.165) is 12.0 Å². The largest absolute Gasteiger partial charge is 0.341 e. The van der Waals surface area contributed by atoms with Crippen LogP contribution in [-0.4, -0.2) is 22.8 Å². The third-order valence-corrected chi connectivity index (χ3v) is 4.13. The van der Waals surface area contributed by atoms with Gasteiger partial charge in [-0.1, -0.05) is 6.07 Å². The van der Waals surface area contributed by atoms with Gasteiger partial charge in [-0.15, -0.1) is 11.3 Å². The predicted molar refractivity (Wildman–Crippen MR) is 78.1 cm³/mol. The number of nitrogens with zero attached hydrogens (tertiary/aromatic N) is 2. The van der Waals surface area contributed by atoms with Crippen molar-refractivity contribution < 1.29 is 4.79 Å². The minimum absolute atomic E-state index is 0.177. The van der Waals surface area contributed by atoms with Crippen molar-refractivity contribution in [3.63, 3.8) is 0 Å². The van der Waals surface area contributed by atoms with Crippen molar-refractivity contribution >= 4 is 17.2 Å². The number of amides is 1. The molecule has 3 nitrogen and oxygen atoms in total. The Morgan fingerprint density at radius 1 is 1.42 bits per heavy atom. The third-order valence-electron chi connectivity index (χ3n) is 3.13. The van der Waals surface area contributed by atoms with E-state index < -0.39 is 0 Å². The van der Waals surface area contributed by atoms with E-state index in [1.54, 1.807) is 22.4 Å². The van der Waals surface area contributed by atoms with Crippen LogP contribution >= 0.6 is 11.3 Å². The summed E-state index contributed by atoms with van der Waals surface area (Å²) in [5.74, 6) is 0.177. The van der Waals surface area contributed by atoms with Crippen molar-refractivity contribution in [2.75, 3.05) is 7.05 Å². The number of aromatic nitrogens is 1. The number of hydrogen-bond donors (Lipinski definition) is 0. The summed E-state index contributed by atoms with van der Waals surface area (Å²) in [7, 11) is 1.87. The number of rotatable bonds is 5. The second kappa shape index (κ2) is 6.48. The highest BCUT2D eigenvalue weighted by Crippen LogP contribution is 2.17. The van der Waals surface area contributed by atoms with E-state index in [9.17, 15) is 4.79 Å². The third kappa shape index (κ3) is 3.89. The molecule has 0 aliphatic heterocycles. The number of hydrogen-bond acceptors (Lipinski definition) is 3. The summed E-state index contributed by atoms with van der Waals surface area (Å²) in [6.07, 6.45) is 4.85. The molecular weight excluding hydrogens is 256 g/mol. The van der Waals surface area contributed by atoms with Crippen LogP contribution in [0.3, 0.4) is 0 Å². The number of carbonyl (C=O) groups excluding carboxylic acids is 1. The Bertz CT molecular complexity index is 536. The van der Waals surface area contributed by atoms with Gasteiger partial charge in [0, 0.05) is 30.7 Å². The molecule has 0 atom stereocenters. The Morgan fingerprint density at radius 3 is 2.89 bits per heavy atom. The highest BCUT2D eigenvalue weighted by molar-refractivity contribution is 7.10. The molecule has 2 aromatic rings. The topological polar surface area (TPSA) is 33.2 Å². The van der Waals surface area contributed by atoms with Crippen LogP contribution < -0.4 is 0 Å². The smallest absolute Gasteiger partial charge is 0.222 e. The van der Waals surface area contributed by atoms with Crippen molar-refractivity contribution in [2.45, 2.75) is 26.3 Å². The summed E-state index contributed by atoms with van der Waals surface area (Å²) in [5, 5.41) is 2.07. The van der Waals surface area contributed by atoms with Crippen LogP contribution in [-0.2, 0) is 17.8 Å². The van der Waals surface area contributed by atoms with Gasteiger partial charge in [-0.3, -0.25) is 9.78 Å². The maximum atomic E-state index is 12.1. The van der Waals surface area contributed by atoms with Gasteiger partial charge in [-0.25, -0.2) is 0 Å². The summed E-state index contributed by atoms with van der Waals surface area (Å²) in [6.45, 7) is 2.79. The maximum absolute atomic E-state index is 12.1. The summed E-state index contributed by atoms with van der Waals surface area (Å²) >= 11 is 1.71. The zero-order chi connectivity index (χ0) is 13.7. The first-order valence-corrected chi connectivity index (χ1v) is 7.20. The number of pyridine rings is 1. The maximum Gasteiger partial charge on any atom is 0.222 e. The summed E-state index contributed by atoms with van der Waals surface area (Å²) in [6, 6.07) is 6.00. The Labute approximate surface area is 117 Å². The van der Waals surface area contributed by atoms with Crippen LogP contribution in [0.4, 0.5) is 0 Å². The molecule has 2 heterocycles. The Morgan fingerprint density at radius 2 is 2.26 bits per heavy atom. The van der Waals surface area contributed by atoms with Crippen molar-refractivity contribution in [1.29, 1.82) is 0 Å². The minimum Gasteiger partial charge on any atom is -0.341 e. The number of carbonyl (C=O) groups is 1. The molecule has 0 aromatic carbocycles. The fourth-order valence-corrected chi connectivity index (χ4v) is 2.82. The molecule has 0 unspecified atom stereocenters. The first-order valence-electron chi connectivity index (χ1n) is 6.32. The number of aryl methyl sites for hydroxylation is 2. The van der Waals surface area contributed by atoms with Crippen molar-refractivity contribution in [1.82, 2.24) is 9.88 Å². The molecule has 0 aliphatic rings. The average molecular weight is 274 g/mol. The quantitative estimate of drug-likeness (QED) is 0.839.